The Bertz CT molecular complexity index is 394. The Morgan fingerprint density at radius 3 is 3.00 bits per heavy atom. The minimum Gasteiger partial charge on any atom is -0.376 e. The second kappa shape index (κ2) is 8.35. The average molecular weight is 281 g/mol. The molecule has 0 saturated carbocycles. The quantitative estimate of drug-likeness (QED) is 0.743. The van der Waals surface area contributed by atoms with Crippen molar-refractivity contribution in [2.75, 3.05) is 26.3 Å². The fraction of sp³-hybridized carbons (Fsp3) is 0.625. The first-order valence-electron chi connectivity index (χ1n) is 7.49. The van der Waals surface area contributed by atoms with Gasteiger partial charge in [-0.25, -0.2) is 4.39 Å². The molecular formula is C16H24FNO2. The minimum atomic E-state index is -0.257. The highest BCUT2D eigenvalue weighted by atomic mass is 19.1. The van der Waals surface area contributed by atoms with E-state index >= 15 is 0 Å². The fourth-order valence-electron chi connectivity index (χ4n) is 2.40. The highest BCUT2D eigenvalue weighted by Crippen LogP contribution is 2.22. The molecule has 1 aliphatic rings. The van der Waals surface area contributed by atoms with Gasteiger partial charge in [0.15, 0.2) is 0 Å². The van der Waals surface area contributed by atoms with Crippen molar-refractivity contribution in [2.24, 2.45) is 0 Å². The molecule has 1 fully saturated rings. The molecule has 0 radical (unpaired) electrons. The normalized spacial score (nSPS) is 20.2. The van der Waals surface area contributed by atoms with Crippen molar-refractivity contribution in [3.8, 4) is 0 Å². The highest BCUT2D eigenvalue weighted by Gasteiger charge is 2.20. The first kappa shape index (κ1) is 15.4. The van der Waals surface area contributed by atoms with E-state index in [9.17, 15) is 4.39 Å². The van der Waals surface area contributed by atoms with Crippen molar-refractivity contribution >= 4 is 0 Å². The summed E-state index contributed by atoms with van der Waals surface area (Å²) in [4.78, 5) is 0. The maximum Gasteiger partial charge on any atom is 0.129 e. The zero-order chi connectivity index (χ0) is 14.2. The van der Waals surface area contributed by atoms with Crippen LogP contribution in [-0.2, 0) is 9.47 Å². The lowest BCUT2D eigenvalue weighted by molar-refractivity contribution is -0.0220. The van der Waals surface area contributed by atoms with Crippen LogP contribution in [0.4, 0.5) is 4.39 Å². The monoisotopic (exact) mass is 281 g/mol. The number of nitrogens with one attached hydrogen (secondary N) is 1. The second-order valence-corrected chi connectivity index (χ2v) is 5.18. The second-order valence-electron chi connectivity index (χ2n) is 5.18. The Hall–Kier alpha value is -0.970. The maximum atomic E-state index is 13.9. The van der Waals surface area contributed by atoms with Crippen molar-refractivity contribution in [1.29, 1.82) is 0 Å². The largest absolute Gasteiger partial charge is 0.376 e. The van der Waals surface area contributed by atoms with E-state index in [4.69, 9.17) is 9.47 Å². The van der Waals surface area contributed by atoms with E-state index in [1.165, 1.54) is 6.07 Å². The third kappa shape index (κ3) is 4.54. The van der Waals surface area contributed by atoms with Crippen LogP contribution in [0.3, 0.4) is 0 Å². The van der Waals surface area contributed by atoms with E-state index in [-0.39, 0.29) is 18.0 Å². The Kier molecular flexibility index (Phi) is 6.43. The number of hydrogen-bond donors (Lipinski definition) is 1. The molecule has 0 aliphatic carbocycles. The van der Waals surface area contributed by atoms with Crippen molar-refractivity contribution in [2.45, 2.75) is 38.4 Å². The van der Waals surface area contributed by atoms with Gasteiger partial charge in [-0.2, -0.15) is 0 Å². The van der Waals surface area contributed by atoms with Crippen molar-refractivity contribution in [3.05, 3.63) is 35.6 Å². The van der Waals surface area contributed by atoms with Crippen molar-refractivity contribution in [1.82, 2.24) is 5.32 Å². The summed E-state index contributed by atoms with van der Waals surface area (Å²) in [6, 6.07) is 6.83. The molecule has 2 rings (SSSR count). The number of ether oxygens (including phenoxy) is 2. The van der Waals surface area contributed by atoms with Crippen LogP contribution >= 0.6 is 0 Å². The van der Waals surface area contributed by atoms with Gasteiger partial charge in [-0.1, -0.05) is 25.1 Å². The minimum absolute atomic E-state index is 0.162. The SMILES string of the molecule is CCCNCC(OCC1CCCO1)c1ccccc1F. The van der Waals surface area contributed by atoms with Gasteiger partial charge in [-0.05, 0) is 31.9 Å². The van der Waals surface area contributed by atoms with Gasteiger partial charge in [0.2, 0.25) is 0 Å². The van der Waals surface area contributed by atoms with Crippen LogP contribution in [-0.4, -0.2) is 32.4 Å². The van der Waals surface area contributed by atoms with Crippen LogP contribution < -0.4 is 5.32 Å². The Labute approximate surface area is 120 Å². The van der Waals surface area contributed by atoms with Crippen LogP contribution in [0.2, 0.25) is 0 Å². The molecule has 1 aliphatic heterocycles. The van der Waals surface area contributed by atoms with E-state index in [1.807, 2.05) is 6.07 Å². The summed E-state index contributed by atoms with van der Waals surface area (Å²) in [6.07, 6.45) is 3.08. The van der Waals surface area contributed by atoms with Gasteiger partial charge >= 0.3 is 0 Å². The first-order chi connectivity index (χ1) is 9.81. The molecule has 1 aromatic rings. The number of rotatable bonds is 8. The molecule has 3 nitrogen and oxygen atoms in total. The molecule has 1 heterocycles. The topological polar surface area (TPSA) is 30.5 Å². The molecule has 4 heteroatoms. The van der Waals surface area contributed by atoms with E-state index in [2.05, 4.69) is 12.2 Å². The van der Waals surface area contributed by atoms with Crippen molar-refractivity contribution < 1.29 is 13.9 Å². The van der Waals surface area contributed by atoms with E-state index in [1.54, 1.807) is 12.1 Å². The maximum absolute atomic E-state index is 13.9. The number of halogens is 1. The Balaban J connectivity index is 1.94. The van der Waals surface area contributed by atoms with E-state index < -0.39 is 0 Å². The van der Waals surface area contributed by atoms with Crippen LogP contribution in [0, 0.1) is 5.82 Å². The van der Waals surface area contributed by atoms with E-state index in [0.29, 0.717) is 18.7 Å². The first-order valence-corrected chi connectivity index (χ1v) is 7.49. The lowest BCUT2D eigenvalue weighted by Crippen LogP contribution is -2.27. The third-order valence-electron chi connectivity index (χ3n) is 3.52. The van der Waals surface area contributed by atoms with Crippen LogP contribution in [0.25, 0.3) is 0 Å². The summed E-state index contributed by atoms with van der Waals surface area (Å²) in [5, 5.41) is 3.30. The van der Waals surface area contributed by atoms with Gasteiger partial charge in [-0.3, -0.25) is 0 Å². The number of hydrogen-bond acceptors (Lipinski definition) is 3. The van der Waals surface area contributed by atoms with Gasteiger partial charge in [0, 0.05) is 18.7 Å². The molecule has 112 valence electrons. The predicted molar refractivity (Wildman–Crippen MR) is 77.2 cm³/mol. The summed E-state index contributed by atoms with van der Waals surface area (Å²) in [7, 11) is 0. The summed E-state index contributed by atoms with van der Waals surface area (Å²) in [6.45, 7) is 4.99. The molecule has 0 spiro atoms. The summed E-state index contributed by atoms with van der Waals surface area (Å²) in [5.41, 5.74) is 0.620. The van der Waals surface area contributed by atoms with Crippen LogP contribution in [0.15, 0.2) is 24.3 Å². The zero-order valence-corrected chi connectivity index (χ0v) is 12.1. The van der Waals surface area contributed by atoms with E-state index in [0.717, 1.165) is 32.4 Å². The average Bonchev–Trinajstić information content (AvgIpc) is 2.97. The fourth-order valence-corrected chi connectivity index (χ4v) is 2.40. The molecule has 2 unspecified atom stereocenters. The van der Waals surface area contributed by atoms with Gasteiger partial charge in [-0.15, -0.1) is 0 Å². The standard InChI is InChI=1S/C16H24FNO2/c1-2-9-18-11-16(14-7-3-4-8-15(14)17)20-12-13-6-5-10-19-13/h3-4,7-8,13,16,18H,2,5-6,9-12H2,1H3. The molecule has 0 aromatic heterocycles. The summed E-state index contributed by atoms with van der Waals surface area (Å²) >= 11 is 0. The lowest BCUT2D eigenvalue weighted by Gasteiger charge is -2.21. The van der Waals surface area contributed by atoms with Crippen LogP contribution in [0.1, 0.15) is 37.9 Å². The van der Waals surface area contributed by atoms with Gasteiger partial charge in [0.25, 0.3) is 0 Å². The zero-order valence-electron chi connectivity index (χ0n) is 12.1. The third-order valence-corrected chi connectivity index (χ3v) is 3.52. The van der Waals surface area contributed by atoms with Crippen molar-refractivity contribution in [3.63, 3.8) is 0 Å². The lowest BCUT2D eigenvalue weighted by atomic mass is 10.1. The van der Waals surface area contributed by atoms with Gasteiger partial charge < -0.3 is 14.8 Å². The molecular weight excluding hydrogens is 257 g/mol. The van der Waals surface area contributed by atoms with Crippen LogP contribution in [0.5, 0.6) is 0 Å². The summed E-state index contributed by atoms with van der Waals surface area (Å²) < 4.78 is 25.4. The molecule has 0 bridgehead atoms. The number of benzene rings is 1. The molecule has 0 amide bonds. The smallest absolute Gasteiger partial charge is 0.129 e. The molecule has 1 saturated heterocycles. The highest BCUT2D eigenvalue weighted by molar-refractivity contribution is 5.20. The Morgan fingerprint density at radius 2 is 2.30 bits per heavy atom. The summed E-state index contributed by atoms with van der Waals surface area (Å²) in [5.74, 6) is -0.205. The molecule has 1 aromatic carbocycles. The molecule has 1 N–H and O–H groups in total. The molecule has 2 atom stereocenters. The Morgan fingerprint density at radius 1 is 1.45 bits per heavy atom. The van der Waals surface area contributed by atoms with Gasteiger partial charge in [0.05, 0.1) is 18.8 Å². The molecule has 20 heavy (non-hydrogen) atoms. The predicted octanol–water partition coefficient (Wildman–Crippen LogP) is 3.06. The van der Waals surface area contributed by atoms with Gasteiger partial charge in [0.1, 0.15) is 5.82 Å².